The van der Waals surface area contributed by atoms with E-state index in [1.165, 1.54) is 6.33 Å². The van der Waals surface area contributed by atoms with Crippen LogP contribution >= 0.6 is 0 Å². The Hall–Kier alpha value is -4.40. The highest BCUT2D eigenvalue weighted by molar-refractivity contribution is 5.94. The van der Waals surface area contributed by atoms with Gasteiger partial charge in [-0.25, -0.2) is 15.0 Å². The molecule has 1 aliphatic rings. The molecule has 1 saturated heterocycles. The normalized spacial score (nSPS) is 15.5. The minimum absolute atomic E-state index is 0.000179. The van der Waals surface area contributed by atoms with Gasteiger partial charge in [0.2, 0.25) is 5.88 Å². The number of hydrogen-bond acceptors (Lipinski definition) is 8. The van der Waals surface area contributed by atoms with Crippen molar-refractivity contribution in [2.75, 3.05) is 20.2 Å². The van der Waals surface area contributed by atoms with Gasteiger partial charge >= 0.3 is 0 Å². The number of amides is 1. The molecule has 3 aromatic heterocycles. The number of para-hydroxylation sites is 2. The standard InChI is InChI=1S/C26H24N6O3/c1-34-22-6-2-3-7-23(22)35-25-24(29-10-11-30-25)19-5-4-12-32(16-19)26(33)18-8-9-21(31-15-18)20-13-27-17-28-14-20/h2-3,6-11,13-15,17,19H,4-5,12,16H2,1H3/t19-/m1/s1. The molecule has 4 heterocycles. The molecule has 0 radical (unpaired) electrons. The van der Waals surface area contributed by atoms with Crippen molar-refractivity contribution in [2.45, 2.75) is 18.8 Å². The van der Waals surface area contributed by atoms with Gasteiger partial charge in [-0.05, 0) is 37.1 Å². The van der Waals surface area contributed by atoms with Gasteiger partial charge in [-0.1, -0.05) is 12.1 Å². The molecule has 0 unspecified atom stereocenters. The average molecular weight is 469 g/mol. The first-order chi connectivity index (χ1) is 17.2. The summed E-state index contributed by atoms with van der Waals surface area (Å²) < 4.78 is 11.5. The molecule has 1 atom stereocenters. The lowest BCUT2D eigenvalue weighted by Gasteiger charge is -2.32. The summed E-state index contributed by atoms with van der Waals surface area (Å²) in [4.78, 5) is 36.6. The molecule has 0 spiro atoms. The third kappa shape index (κ3) is 4.93. The van der Waals surface area contributed by atoms with Crippen LogP contribution in [0.4, 0.5) is 0 Å². The van der Waals surface area contributed by atoms with E-state index in [1.54, 1.807) is 44.2 Å². The van der Waals surface area contributed by atoms with Crippen molar-refractivity contribution < 1.29 is 14.3 Å². The number of benzene rings is 1. The quantitative estimate of drug-likeness (QED) is 0.416. The Kier molecular flexibility index (Phi) is 6.56. The molecule has 1 amide bonds. The van der Waals surface area contributed by atoms with Gasteiger partial charge < -0.3 is 14.4 Å². The summed E-state index contributed by atoms with van der Waals surface area (Å²) in [7, 11) is 1.60. The van der Waals surface area contributed by atoms with E-state index in [-0.39, 0.29) is 11.8 Å². The topological polar surface area (TPSA) is 103 Å². The van der Waals surface area contributed by atoms with Crippen molar-refractivity contribution in [1.82, 2.24) is 29.8 Å². The van der Waals surface area contributed by atoms with Crippen molar-refractivity contribution in [1.29, 1.82) is 0 Å². The molecule has 0 saturated carbocycles. The molecule has 176 valence electrons. The maximum absolute atomic E-state index is 13.3. The third-order valence-corrected chi connectivity index (χ3v) is 5.93. The molecular weight excluding hydrogens is 444 g/mol. The summed E-state index contributed by atoms with van der Waals surface area (Å²) in [6, 6.07) is 11.0. The molecule has 4 aromatic rings. The Balaban J connectivity index is 1.33. The predicted molar refractivity (Wildman–Crippen MR) is 128 cm³/mol. The first-order valence-electron chi connectivity index (χ1n) is 11.4. The predicted octanol–water partition coefficient (Wildman–Crippen LogP) is 4.15. The monoisotopic (exact) mass is 468 g/mol. The van der Waals surface area contributed by atoms with Crippen LogP contribution in [0.5, 0.6) is 17.4 Å². The second-order valence-corrected chi connectivity index (χ2v) is 8.15. The Morgan fingerprint density at radius 3 is 2.54 bits per heavy atom. The zero-order valence-electron chi connectivity index (χ0n) is 19.2. The highest BCUT2D eigenvalue weighted by Crippen LogP contribution is 2.36. The number of aromatic nitrogens is 5. The highest BCUT2D eigenvalue weighted by atomic mass is 16.5. The molecule has 5 rings (SSSR count). The molecule has 1 aromatic carbocycles. The van der Waals surface area contributed by atoms with E-state index in [9.17, 15) is 4.79 Å². The maximum Gasteiger partial charge on any atom is 0.255 e. The van der Waals surface area contributed by atoms with Gasteiger partial charge in [-0.2, -0.15) is 0 Å². The summed E-state index contributed by atoms with van der Waals surface area (Å²) in [6.07, 6.45) is 11.5. The van der Waals surface area contributed by atoms with E-state index in [1.807, 2.05) is 35.2 Å². The fourth-order valence-electron chi connectivity index (χ4n) is 4.19. The lowest BCUT2D eigenvalue weighted by molar-refractivity contribution is 0.0704. The fourth-order valence-corrected chi connectivity index (χ4v) is 4.19. The van der Waals surface area contributed by atoms with E-state index in [2.05, 4.69) is 24.9 Å². The van der Waals surface area contributed by atoms with Crippen molar-refractivity contribution in [3.8, 4) is 28.6 Å². The van der Waals surface area contributed by atoms with E-state index >= 15 is 0 Å². The van der Waals surface area contributed by atoms with E-state index in [4.69, 9.17) is 9.47 Å². The van der Waals surface area contributed by atoms with Gasteiger partial charge in [-0.3, -0.25) is 14.8 Å². The van der Waals surface area contributed by atoms with Crippen LogP contribution < -0.4 is 9.47 Å². The van der Waals surface area contributed by atoms with Crippen molar-refractivity contribution in [2.24, 2.45) is 0 Å². The number of carbonyl (C=O) groups excluding carboxylic acids is 1. The SMILES string of the molecule is COc1ccccc1Oc1nccnc1[C@@H]1CCCN(C(=O)c2ccc(-c3cncnc3)nc2)C1. The minimum atomic E-state index is -0.0610. The number of piperidine rings is 1. The van der Waals surface area contributed by atoms with Crippen molar-refractivity contribution >= 4 is 5.91 Å². The lowest BCUT2D eigenvalue weighted by Crippen LogP contribution is -2.39. The Labute approximate surface area is 202 Å². The molecule has 1 fully saturated rings. The number of carbonyl (C=O) groups is 1. The summed E-state index contributed by atoms with van der Waals surface area (Å²) in [6.45, 7) is 1.20. The van der Waals surface area contributed by atoms with Crippen LogP contribution in [0, 0.1) is 0 Å². The van der Waals surface area contributed by atoms with Gasteiger partial charge in [-0.15, -0.1) is 0 Å². The van der Waals surface area contributed by atoms with E-state index in [0.717, 1.165) is 29.8 Å². The fraction of sp³-hybridized carbons (Fsp3) is 0.231. The molecule has 0 N–H and O–H groups in total. The summed E-state index contributed by atoms with van der Waals surface area (Å²) in [5, 5.41) is 0. The minimum Gasteiger partial charge on any atom is -0.493 e. The van der Waals surface area contributed by atoms with Gasteiger partial charge in [0.1, 0.15) is 12.0 Å². The number of methoxy groups -OCH3 is 1. The van der Waals surface area contributed by atoms with Crippen LogP contribution in [-0.2, 0) is 0 Å². The van der Waals surface area contributed by atoms with Crippen LogP contribution in [-0.4, -0.2) is 55.9 Å². The largest absolute Gasteiger partial charge is 0.493 e. The number of pyridine rings is 1. The maximum atomic E-state index is 13.3. The van der Waals surface area contributed by atoms with E-state index < -0.39 is 0 Å². The average Bonchev–Trinajstić information content (AvgIpc) is 2.94. The van der Waals surface area contributed by atoms with Crippen LogP contribution in [0.25, 0.3) is 11.3 Å². The highest BCUT2D eigenvalue weighted by Gasteiger charge is 2.29. The molecule has 1 aliphatic heterocycles. The molecule has 0 aliphatic carbocycles. The summed E-state index contributed by atoms with van der Waals surface area (Å²) >= 11 is 0. The van der Waals surface area contributed by atoms with Crippen LogP contribution in [0.2, 0.25) is 0 Å². The van der Waals surface area contributed by atoms with Crippen LogP contribution in [0.3, 0.4) is 0 Å². The van der Waals surface area contributed by atoms with Gasteiger partial charge in [0, 0.05) is 55.6 Å². The number of rotatable bonds is 6. The smallest absolute Gasteiger partial charge is 0.255 e. The second kappa shape index (κ2) is 10.3. The summed E-state index contributed by atoms with van der Waals surface area (Å²) in [5.41, 5.74) is 2.79. The number of nitrogens with zero attached hydrogens (tertiary/aromatic N) is 6. The van der Waals surface area contributed by atoms with Crippen LogP contribution in [0.1, 0.15) is 34.8 Å². The number of ether oxygens (including phenoxy) is 2. The third-order valence-electron chi connectivity index (χ3n) is 5.93. The molecule has 9 nitrogen and oxygen atoms in total. The lowest BCUT2D eigenvalue weighted by atomic mass is 9.94. The molecule has 9 heteroatoms. The number of likely N-dealkylation sites (tertiary alicyclic amines) is 1. The molecular formula is C26H24N6O3. The van der Waals surface area contributed by atoms with Gasteiger partial charge in [0.05, 0.1) is 18.4 Å². The first kappa shape index (κ1) is 22.4. The molecule has 0 bridgehead atoms. The zero-order valence-corrected chi connectivity index (χ0v) is 19.2. The van der Waals surface area contributed by atoms with Gasteiger partial charge in [0.15, 0.2) is 11.5 Å². The molecule has 35 heavy (non-hydrogen) atoms. The zero-order chi connectivity index (χ0) is 24.0. The first-order valence-corrected chi connectivity index (χ1v) is 11.4. The second-order valence-electron chi connectivity index (χ2n) is 8.15. The van der Waals surface area contributed by atoms with Crippen molar-refractivity contribution in [3.63, 3.8) is 0 Å². The summed E-state index contributed by atoms with van der Waals surface area (Å²) in [5.74, 6) is 1.54. The Bertz CT molecular complexity index is 1300. The van der Waals surface area contributed by atoms with Crippen molar-refractivity contribution in [3.05, 3.63) is 85.0 Å². The van der Waals surface area contributed by atoms with E-state index in [0.29, 0.717) is 36.0 Å². The van der Waals surface area contributed by atoms with Crippen LogP contribution in [0.15, 0.2) is 73.7 Å². The number of hydrogen-bond donors (Lipinski definition) is 0. The Morgan fingerprint density at radius 1 is 0.971 bits per heavy atom. The Morgan fingerprint density at radius 2 is 1.77 bits per heavy atom. The van der Waals surface area contributed by atoms with Gasteiger partial charge in [0.25, 0.3) is 5.91 Å².